The molecular weight excluding hydrogens is 440 g/mol. The highest BCUT2D eigenvalue weighted by molar-refractivity contribution is 7.07. The summed E-state index contributed by atoms with van der Waals surface area (Å²) in [6, 6.07) is 5.77. The van der Waals surface area contributed by atoms with Crippen LogP contribution in [0.3, 0.4) is 0 Å². The first-order valence-corrected chi connectivity index (χ1v) is 11.6. The van der Waals surface area contributed by atoms with Gasteiger partial charge in [-0.1, -0.05) is 23.5 Å². The third kappa shape index (κ3) is 3.93. The van der Waals surface area contributed by atoms with Crippen LogP contribution in [-0.4, -0.2) is 32.0 Å². The summed E-state index contributed by atoms with van der Waals surface area (Å²) in [6.07, 6.45) is 1.85. The van der Waals surface area contributed by atoms with E-state index in [0.29, 0.717) is 26.2 Å². The number of hydrogen-bond donors (Lipinski definition) is 1. The summed E-state index contributed by atoms with van der Waals surface area (Å²) in [5.41, 5.74) is 4.00. The average molecular weight is 467 g/mol. The van der Waals surface area contributed by atoms with Gasteiger partial charge in [0.05, 0.1) is 34.1 Å². The zero-order chi connectivity index (χ0) is 23.9. The van der Waals surface area contributed by atoms with Crippen LogP contribution in [0, 0.1) is 13.8 Å². The van der Waals surface area contributed by atoms with Gasteiger partial charge in [0.25, 0.3) is 5.56 Å². The Bertz CT molecular complexity index is 1440. The summed E-state index contributed by atoms with van der Waals surface area (Å²) in [6.45, 7) is 10.4. The third-order valence-electron chi connectivity index (χ3n) is 5.74. The van der Waals surface area contributed by atoms with E-state index in [9.17, 15) is 14.7 Å². The van der Waals surface area contributed by atoms with Crippen molar-refractivity contribution in [2.45, 2.75) is 47.2 Å². The van der Waals surface area contributed by atoms with Gasteiger partial charge >= 0.3 is 5.97 Å². The molecule has 3 heterocycles. The fraction of sp³-hybridized carbons (Fsp3) is 0.333. The maximum Gasteiger partial charge on any atom is 0.338 e. The Kier molecular flexibility index (Phi) is 6.07. The lowest BCUT2D eigenvalue weighted by Crippen LogP contribution is -2.39. The molecule has 1 aliphatic rings. The van der Waals surface area contributed by atoms with Crippen LogP contribution in [-0.2, 0) is 16.1 Å². The number of ether oxygens (including phenoxy) is 1. The monoisotopic (exact) mass is 466 g/mol. The van der Waals surface area contributed by atoms with Crippen molar-refractivity contribution in [2.24, 2.45) is 4.99 Å². The summed E-state index contributed by atoms with van der Waals surface area (Å²) >= 11 is 1.28. The fourth-order valence-electron chi connectivity index (χ4n) is 4.12. The first-order valence-electron chi connectivity index (χ1n) is 10.8. The molecule has 172 valence electrons. The second kappa shape index (κ2) is 8.82. The predicted molar refractivity (Wildman–Crippen MR) is 126 cm³/mol. The van der Waals surface area contributed by atoms with Crippen LogP contribution in [0.25, 0.3) is 6.08 Å². The smallest absolute Gasteiger partial charge is 0.338 e. The molecule has 1 atom stereocenters. The van der Waals surface area contributed by atoms with Crippen LogP contribution in [0.2, 0.25) is 0 Å². The summed E-state index contributed by atoms with van der Waals surface area (Å²) in [5.74, 6) is -0.412. The Balaban J connectivity index is 1.97. The van der Waals surface area contributed by atoms with Crippen molar-refractivity contribution in [2.75, 3.05) is 6.61 Å². The molecule has 8 nitrogen and oxygen atoms in total. The number of carbonyl (C=O) groups is 1. The zero-order valence-electron chi connectivity index (χ0n) is 19.2. The van der Waals surface area contributed by atoms with Gasteiger partial charge < -0.3 is 9.84 Å². The van der Waals surface area contributed by atoms with E-state index in [4.69, 9.17) is 4.74 Å². The minimum absolute atomic E-state index is 0.100. The number of thiazole rings is 1. The molecule has 2 aromatic heterocycles. The second-order valence-electron chi connectivity index (χ2n) is 7.79. The molecule has 9 heteroatoms. The summed E-state index contributed by atoms with van der Waals surface area (Å²) in [7, 11) is 0. The molecule has 0 bridgehead atoms. The molecule has 0 amide bonds. The number of phenols is 1. The molecule has 4 rings (SSSR count). The summed E-state index contributed by atoms with van der Waals surface area (Å²) in [5, 5.41) is 14.3. The molecule has 0 spiro atoms. The number of rotatable bonds is 5. The first-order chi connectivity index (χ1) is 15.8. The van der Waals surface area contributed by atoms with E-state index in [-0.39, 0.29) is 17.9 Å². The number of hydrogen-bond acceptors (Lipinski definition) is 7. The van der Waals surface area contributed by atoms with E-state index in [2.05, 4.69) is 10.1 Å². The van der Waals surface area contributed by atoms with E-state index >= 15 is 0 Å². The number of aromatic nitrogens is 3. The number of fused-ring (bicyclic) bond motifs is 1. The van der Waals surface area contributed by atoms with Crippen LogP contribution in [0.4, 0.5) is 0 Å². The molecule has 1 aromatic carbocycles. The largest absolute Gasteiger partial charge is 0.508 e. The molecule has 1 aliphatic heterocycles. The molecule has 0 unspecified atom stereocenters. The number of nitrogens with zero attached hydrogens (tertiary/aromatic N) is 4. The van der Waals surface area contributed by atoms with Crippen molar-refractivity contribution in [3.05, 3.63) is 77.7 Å². The molecule has 1 N–H and O–H groups in total. The standard InChI is InChI=1S/C24H26N4O4S/c1-6-27-15(5)18(13(3)26-27)12-19-22(30)28-21(16-8-10-17(29)11-9-16)20(23(31)32-7-2)14(4)25-24(28)33-19/h8-12,21,29H,6-7H2,1-5H3/b19-12-/t21-/m1/s1. The number of benzene rings is 1. The fourth-order valence-corrected chi connectivity index (χ4v) is 5.15. The van der Waals surface area contributed by atoms with Gasteiger partial charge in [0.2, 0.25) is 0 Å². The number of allylic oxidation sites excluding steroid dienone is 1. The molecule has 0 radical (unpaired) electrons. The van der Waals surface area contributed by atoms with Crippen molar-refractivity contribution in [1.82, 2.24) is 14.3 Å². The minimum atomic E-state index is -0.705. The van der Waals surface area contributed by atoms with Gasteiger partial charge in [0, 0.05) is 17.8 Å². The van der Waals surface area contributed by atoms with Crippen LogP contribution in [0.1, 0.15) is 49.3 Å². The summed E-state index contributed by atoms with van der Waals surface area (Å²) < 4.78 is 9.25. The van der Waals surface area contributed by atoms with E-state index in [1.54, 1.807) is 26.0 Å². The zero-order valence-corrected chi connectivity index (χ0v) is 20.1. The Morgan fingerprint density at radius 3 is 2.52 bits per heavy atom. The van der Waals surface area contributed by atoms with E-state index < -0.39 is 12.0 Å². The summed E-state index contributed by atoms with van der Waals surface area (Å²) in [4.78, 5) is 31.6. The molecule has 33 heavy (non-hydrogen) atoms. The number of phenolic OH excluding ortho intramolecular Hbond substituents is 1. The lowest BCUT2D eigenvalue weighted by molar-refractivity contribution is -0.139. The van der Waals surface area contributed by atoms with Gasteiger partial charge in [-0.25, -0.2) is 9.79 Å². The SMILES string of the molecule is CCOC(=O)C1=C(C)N=c2s/c(=C\c3c(C)nn(CC)c3C)c(=O)n2[C@@H]1c1ccc(O)cc1. The lowest BCUT2D eigenvalue weighted by Gasteiger charge is -2.24. The maximum atomic E-state index is 13.6. The van der Waals surface area contributed by atoms with E-state index in [1.807, 2.05) is 31.5 Å². The van der Waals surface area contributed by atoms with Crippen molar-refractivity contribution >= 4 is 23.4 Å². The van der Waals surface area contributed by atoms with Crippen molar-refractivity contribution in [1.29, 1.82) is 0 Å². The number of aromatic hydroxyl groups is 1. The number of aryl methyl sites for hydroxylation is 2. The first kappa shape index (κ1) is 22.7. The lowest BCUT2D eigenvalue weighted by atomic mass is 9.96. The van der Waals surface area contributed by atoms with Gasteiger partial charge in [-0.2, -0.15) is 5.10 Å². The molecule has 0 saturated carbocycles. The molecular formula is C24H26N4O4S. The Hall–Kier alpha value is -3.46. The van der Waals surface area contributed by atoms with E-state index in [0.717, 1.165) is 23.5 Å². The predicted octanol–water partition coefficient (Wildman–Crippen LogP) is 2.34. The third-order valence-corrected chi connectivity index (χ3v) is 6.72. The number of carbonyl (C=O) groups excluding carboxylic acids is 1. The van der Waals surface area contributed by atoms with Crippen molar-refractivity contribution in [3.63, 3.8) is 0 Å². The topological polar surface area (TPSA) is 98.7 Å². The normalized spacial score (nSPS) is 16.0. The second-order valence-corrected chi connectivity index (χ2v) is 8.80. The van der Waals surface area contributed by atoms with Crippen LogP contribution in [0.5, 0.6) is 5.75 Å². The van der Waals surface area contributed by atoms with Gasteiger partial charge in [-0.3, -0.25) is 14.0 Å². The van der Waals surface area contributed by atoms with Gasteiger partial charge in [0.15, 0.2) is 4.80 Å². The minimum Gasteiger partial charge on any atom is -0.508 e. The van der Waals surface area contributed by atoms with Gasteiger partial charge in [-0.15, -0.1) is 0 Å². The quantitative estimate of drug-likeness (QED) is 0.582. The van der Waals surface area contributed by atoms with Crippen LogP contribution < -0.4 is 14.9 Å². The highest BCUT2D eigenvalue weighted by atomic mass is 32.1. The Morgan fingerprint density at radius 1 is 1.21 bits per heavy atom. The van der Waals surface area contributed by atoms with Crippen molar-refractivity contribution < 1.29 is 14.6 Å². The molecule has 0 aliphatic carbocycles. The average Bonchev–Trinajstić information content (AvgIpc) is 3.23. The number of esters is 1. The van der Waals surface area contributed by atoms with E-state index in [1.165, 1.54) is 28.0 Å². The van der Waals surface area contributed by atoms with Crippen molar-refractivity contribution in [3.8, 4) is 5.75 Å². The highest BCUT2D eigenvalue weighted by Gasteiger charge is 2.33. The Morgan fingerprint density at radius 2 is 1.91 bits per heavy atom. The van der Waals surface area contributed by atoms with Gasteiger partial charge in [-0.05, 0) is 58.4 Å². The molecule has 0 saturated heterocycles. The van der Waals surface area contributed by atoms with Crippen LogP contribution in [0.15, 0.2) is 45.3 Å². The van der Waals surface area contributed by atoms with Crippen LogP contribution >= 0.6 is 11.3 Å². The maximum absolute atomic E-state index is 13.6. The van der Waals surface area contributed by atoms with Gasteiger partial charge in [0.1, 0.15) is 5.75 Å². The molecule has 3 aromatic rings. The highest BCUT2D eigenvalue weighted by Crippen LogP contribution is 2.31. The Labute approximate surface area is 194 Å². The molecule has 0 fully saturated rings.